The standard InChI is InChI=1S/C29H48N2/c1-21(2)9-6-10-22(3)25-14-15-26-24-13-12-23(11-7-19-30)28(4,17-8-20-31)27(24)16-18-29(25,26)5/h21-27H,6-18H2,1-5H3/t22-,23-,24+,25+,26-,27+,28+,29-/m1/s1. The van der Waals surface area contributed by atoms with E-state index in [0.29, 0.717) is 24.2 Å². The average molecular weight is 425 g/mol. The molecule has 0 aliphatic heterocycles. The zero-order chi connectivity index (χ0) is 22.6. The smallest absolute Gasteiger partial charge is 0.0621 e. The molecule has 0 bridgehead atoms. The molecule has 0 heterocycles. The Kier molecular flexibility index (Phi) is 8.16. The van der Waals surface area contributed by atoms with Crippen LogP contribution in [0.25, 0.3) is 0 Å². The SMILES string of the molecule is CC(C)CCC[C@@H](C)[C@@H]1CC[C@@H]2[C@@H]3CC[C@@H](CCC#N)[C@](C)(CCC#N)[C@H]3CC[C@@]21C. The minimum absolute atomic E-state index is 0.262. The van der Waals surface area contributed by atoms with Gasteiger partial charge in [0, 0.05) is 12.8 Å². The van der Waals surface area contributed by atoms with Crippen molar-refractivity contribution in [2.24, 2.45) is 52.3 Å². The van der Waals surface area contributed by atoms with E-state index < -0.39 is 0 Å². The van der Waals surface area contributed by atoms with Crippen LogP contribution in [0.3, 0.4) is 0 Å². The van der Waals surface area contributed by atoms with Crippen LogP contribution in [-0.4, -0.2) is 0 Å². The second-order valence-electron chi connectivity index (χ2n) is 12.5. The van der Waals surface area contributed by atoms with Crippen LogP contribution in [-0.2, 0) is 0 Å². The minimum atomic E-state index is 0.262. The highest BCUT2D eigenvalue weighted by Crippen LogP contribution is 2.67. The Morgan fingerprint density at radius 1 is 0.871 bits per heavy atom. The molecule has 3 rings (SSSR count). The summed E-state index contributed by atoms with van der Waals surface area (Å²) in [5, 5.41) is 18.6. The average Bonchev–Trinajstić information content (AvgIpc) is 3.09. The maximum absolute atomic E-state index is 9.36. The predicted molar refractivity (Wildman–Crippen MR) is 129 cm³/mol. The summed E-state index contributed by atoms with van der Waals surface area (Å²) >= 11 is 0. The van der Waals surface area contributed by atoms with Gasteiger partial charge >= 0.3 is 0 Å². The van der Waals surface area contributed by atoms with E-state index in [0.717, 1.165) is 48.3 Å². The van der Waals surface area contributed by atoms with Crippen LogP contribution in [0.5, 0.6) is 0 Å². The molecule has 0 spiro atoms. The maximum Gasteiger partial charge on any atom is 0.0621 e. The van der Waals surface area contributed by atoms with Gasteiger partial charge in [-0.3, -0.25) is 0 Å². The summed E-state index contributed by atoms with van der Waals surface area (Å²) in [6, 6.07) is 4.85. The van der Waals surface area contributed by atoms with Gasteiger partial charge in [-0.05, 0) is 104 Å². The van der Waals surface area contributed by atoms with Crippen LogP contribution in [0.1, 0.15) is 118 Å². The Morgan fingerprint density at radius 2 is 1.61 bits per heavy atom. The molecule has 3 fully saturated rings. The summed E-state index contributed by atoms with van der Waals surface area (Å²) in [6.45, 7) is 12.4. The summed E-state index contributed by atoms with van der Waals surface area (Å²) < 4.78 is 0. The van der Waals surface area contributed by atoms with E-state index >= 15 is 0 Å². The lowest BCUT2D eigenvalue weighted by molar-refractivity contribution is -0.104. The zero-order valence-electron chi connectivity index (χ0n) is 21.1. The Morgan fingerprint density at radius 3 is 2.29 bits per heavy atom. The molecule has 8 atom stereocenters. The third-order valence-electron chi connectivity index (χ3n) is 10.6. The van der Waals surface area contributed by atoms with E-state index in [9.17, 15) is 10.5 Å². The molecular formula is C29H48N2. The van der Waals surface area contributed by atoms with Gasteiger partial charge in [-0.15, -0.1) is 0 Å². The summed E-state index contributed by atoms with van der Waals surface area (Å²) in [6.07, 6.45) is 15.9. The molecule has 3 aliphatic rings. The van der Waals surface area contributed by atoms with E-state index in [-0.39, 0.29) is 5.41 Å². The molecule has 0 saturated heterocycles. The van der Waals surface area contributed by atoms with Crippen molar-refractivity contribution in [1.29, 1.82) is 10.5 Å². The van der Waals surface area contributed by atoms with Crippen molar-refractivity contribution in [3.8, 4) is 12.1 Å². The van der Waals surface area contributed by atoms with Crippen LogP contribution in [0, 0.1) is 74.9 Å². The lowest BCUT2D eigenvalue weighted by atomic mass is 9.45. The first-order valence-electron chi connectivity index (χ1n) is 13.5. The first kappa shape index (κ1) is 24.6. The Bertz CT molecular complexity index is 669. The quantitative estimate of drug-likeness (QED) is 0.372. The van der Waals surface area contributed by atoms with Crippen molar-refractivity contribution in [1.82, 2.24) is 0 Å². The first-order valence-corrected chi connectivity index (χ1v) is 13.5. The Hall–Kier alpha value is -1.02. The molecule has 2 nitrogen and oxygen atoms in total. The highest BCUT2D eigenvalue weighted by atomic mass is 14.6. The second kappa shape index (κ2) is 10.3. The van der Waals surface area contributed by atoms with E-state index in [1.807, 2.05) is 0 Å². The van der Waals surface area contributed by atoms with Crippen molar-refractivity contribution in [2.45, 2.75) is 118 Å². The molecule has 3 aliphatic carbocycles. The molecule has 3 saturated carbocycles. The van der Waals surface area contributed by atoms with E-state index in [4.69, 9.17) is 0 Å². The number of hydrogen-bond donors (Lipinski definition) is 0. The molecule has 0 N–H and O–H groups in total. The highest BCUT2D eigenvalue weighted by Gasteiger charge is 2.59. The monoisotopic (exact) mass is 424 g/mol. The Labute approximate surface area is 193 Å². The fourth-order valence-electron chi connectivity index (χ4n) is 8.99. The lowest BCUT2D eigenvalue weighted by Gasteiger charge is -2.59. The summed E-state index contributed by atoms with van der Waals surface area (Å²) in [5.41, 5.74) is 0.797. The largest absolute Gasteiger partial charge is 0.198 e. The number of hydrogen-bond acceptors (Lipinski definition) is 2. The third-order valence-corrected chi connectivity index (χ3v) is 10.6. The van der Waals surface area contributed by atoms with Gasteiger partial charge in [0.15, 0.2) is 0 Å². The van der Waals surface area contributed by atoms with Crippen LogP contribution in [0.15, 0.2) is 0 Å². The second-order valence-corrected chi connectivity index (χ2v) is 12.5. The molecule has 0 radical (unpaired) electrons. The molecule has 0 aromatic heterocycles. The van der Waals surface area contributed by atoms with E-state index in [1.165, 1.54) is 57.8 Å². The normalized spacial score (nSPS) is 40.6. The maximum atomic E-state index is 9.36. The zero-order valence-corrected chi connectivity index (χ0v) is 21.1. The van der Waals surface area contributed by atoms with Gasteiger partial charge in [0.05, 0.1) is 12.1 Å². The minimum Gasteiger partial charge on any atom is -0.198 e. The predicted octanol–water partition coefficient (Wildman–Crippen LogP) is 8.53. The number of nitrogens with zero attached hydrogens (tertiary/aromatic N) is 2. The number of fused-ring (bicyclic) bond motifs is 3. The van der Waals surface area contributed by atoms with Gasteiger partial charge in [0.1, 0.15) is 0 Å². The topological polar surface area (TPSA) is 47.6 Å². The third kappa shape index (κ3) is 4.85. The van der Waals surface area contributed by atoms with Crippen LogP contribution < -0.4 is 0 Å². The summed E-state index contributed by atoms with van der Waals surface area (Å²) in [5.74, 6) is 5.76. The molecule has 0 aromatic carbocycles. The van der Waals surface area contributed by atoms with Gasteiger partial charge in [-0.2, -0.15) is 10.5 Å². The summed E-state index contributed by atoms with van der Waals surface area (Å²) in [7, 11) is 0. The first-order chi connectivity index (χ1) is 14.8. The van der Waals surface area contributed by atoms with Crippen molar-refractivity contribution in [3.05, 3.63) is 0 Å². The molecule has 0 unspecified atom stereocenters. The van der Waals surface area contributed by atoms with E-state index in [1.54, 1.807) is 0 Å². The van der Waals surface area contributed by atoms with Gasteiger partial charge in [0.25, 0.3) is 0 Å². The lowest BCUT2D eigenvalue weighted by Crippen LogP contribution is -2.52. The van der Waals surface area contributed by atoms with Crippen LogP contribution in [0.2, 0.25) is 0 Å². The van der Waals surface area contributed by atoms with Crippen molar-refractivity contribution >= 4 is 0 Å². The van der Waals surface area contributed by atoms with Gasteiger partial charge in [0.2, 0.25) is 0 Å². The fraction of sp³-hybridized carbons (Fsp3) is 0.931. The molecule has 2 heteroatoms. The van der Waals surface area contributed by atoms with Crippen molar-refractivity contribution in [3.63, 3.8) is 0 Å². The van der Waals surface area contributed by atoms with Gasteiger partial charge in [-0.1, -0.05) is 53.9 Å². The molecule has 0 amide bonds. The van der Waals surface area contributed by atoms with Crippen LogP contribution >= 0.6 is 0 Å². The van der Waals surface area contributed by atoms with Crippen LogP contribution in [0.4, 0.5) is 0 Å². The molecule has 174 valence electrons. The summed E-state index contributed by atoms with van der Waals surface area (Å²) in [4.78, 5) is 0. The molecular weight excluding hydrogens is 376 g/mol. The van der Waals surface area contributed by atoms with E-state index in [2.05, 4.69) is 46.8 Å². The number of nitriles is 2. The van der Waals surface area contributed by atoms with Gasteiger partial charge < -0.3 is 0 Å². The highest BCUT2D eigenvalue weighted by molar-refractivity contribution is 5.09. The van der Waals surface area contributed by atoms with Crippen molar-refractivity contribution < 1.29 is 0 Å². The van der Waals surface area contributed by atoms with Crippen molar-refractivity contribution in [2.75, 3.05) is 0 Å². The fourth-order valence-corrected chi connectivity index (χ4v) is 8.99. The molecule has 0 aromatic rings. The van der Waals surface area contributed by atoms with Gasteiger partial charge in [-0.25, -0.2) is 0 Å². The Balaban J connectivity index is 1.75. The molecule has 31 heavy (non-hydrogen) atoms. The number of rotatable bonds is 9.